The van der Waals surface area contributed by atoms with Gasteiger partial charge < -0.3 is 10.1 Å². The van der Waals surface area contributed by atoms with Gasteiger partial charge >= 0.3 is 5.97 Å². The topological polar surface area (TPSA) is 55.4 Å². The molecular formula is C20H20ClNO3. The van der Waals surface area contributed by atoms with Crippen LogP contribution in [0.3, 0.4) is 0 Å². The molecule has 0 amide bonds. The number of hydrogen-bond acceptors (Lipinski definition) is 4. The third kappa shape index (κ3) is 3.27. The highest BCUT2D eigenvalue weighted by Crippen LogP contribution is 2.44. The maximum atomic E-state index is 12.7. The number of dihydropyridines is 1. The van der Waals surface area contributed by atoms with Gasteiger partial charge in [0.2, 0.25) is 0 Å². The molecule has 5 heteroatoms. The normalized spacial score (nSPS) is 20.1. The van der Waals surface area contributed by atoms with Gasteiger partial charge in [0.25, 0.3) is 0 Å². The van der Waals surface area contributed by atoms with E-state index in [9.17, 15) is 9.59 Å². The van der Waals surface area contributed by atoms with E-state index in [0.717, 1.165) is 24.1 Å². The number of nitrogens with one attached hydrogen (secondary N) is 1. The van der Waals surface area contributed by atoms with Gasteiger partial charge in [-0.05, 0) is 31.4 Å². The lowest BCUT2D eigenvalue weighted by atomic mass is 9.75. The van der Waals surface area contributed by atoms with Gasteiger partial charge in [-0.2, -0.15) is 0 Å². The Kier molecular flexibility index (Phi) is 5.09. The number of ketones is 1. The second-order valence-electron chi connectivity index (χ2n) is 6.17. The number of halogens is 1. The van der Waals surface area contributed by atoms with Crippen LogP contribution in [0.5, 0.6) is 0 Å². The molecule has 0 saturated heterocycles. The summed E-state index contributed by atoms with van der Waals surface area (Å²) in [6.45, 7) is 5.52. The summed E-state index contributed by atoms with van der Waals surface area (Å²) < 4.78 is 5.28. The van der Waals surface area contributed by atoms with Crippen molar-refractivity contribution in [3.63, 3.8) is 0 Å². The Labute approximate surface area is 152 Å². The second kappa shape index (κ2) is 7.28. The van der Waals surface area contributed by atoms with Gasteiger partial charge in [-0.15, -0.1) is 0 Å². The lowest BCUT2D eigenvalue weighted by Crippen LogP contribution is -2.34. The minimum atomic E-state index is -0.505. The summed E-state index contributed by atoms with van der Waals surface area (Å²) >= 11 is 6.41. The van der Waals surface area contributed by atoms with E-state index in [1.165, 1.54) is 6.08 Å². The van der Waals surface area contributed by atoms with E-state index in [0.29, 0.717) is 28.3 Å². The number of rotatable bonds is 4. The standard InChI is InChI=1S/C20H20ClNO3/c1-3-11-25-20(24)17-12(2)22-15-9-6-10-16(23)19(15)18(17)13-7-4-5-8-14(13)21/h3-5,7-8,18,22H,1,6,9-11H2,2H3/t18-/m1/s1. The van der Waals surface area contributed by atoms with Crippen molar-refractivity contribution in [1.82, 2.24) is 5.32 Å². The molecule has 1 aliphatic heterocycles. The largest absolute Gasteiger partial charge is 0.458 e. The first kappa shape index (κ1) is 17.5. The fraction of sp³-hybridized carbons (Fsp3) is 0.300. The first-order chi connectivity index (χ1) is 12.0. The molecule has 0 spiro atoms. The summed E-state index contributed by atoms with van der Waals surface area (Å²) in [5.41, 5.74) is 3.41. The van der Waals surface area contributed by atoms with Gasteiger partial charge in [0.1, 0.15) is 6.61 Å². The van der Waals surface area contributed by atoms with E-state index in [2.05, 4.69) is 11.9 Å². The number of carbonyl (C=O) groups excluding carboxylic acids is 2. The van der Waals surface area contributed by atoms with Crippen molar-refractivity contribution in [1.29, 1.82) is 0 Å². The maximum absolute atomic E-state index is 12.7. The summed E-state index contributed by atoms with van der Waals surface area (Å²) in [6.07, 6.45) is 3.60. The van der Waals surface area contributed by atoms with Crippen LogP contribution >= 0.6 is 11.6 Å². The first-order valence-corrected chi connectivity index (χ1v) is 8.68. The second-order valence-corrected chi connectivity index (χ2v) is 6.58. The van der Waals surface area contributed by atoms with Gasteiger partial charge in [0.05, 0.1) is 5.57 Å². The van der Waals surface area contributed by atoms with E-state index in [1.54, 1.807) is 6.07 Å². The molecule has 1 atom stereocenters. The summed E-state index contributed by atoms with van der Waals surface area (Å²) in [5.74, 6) is -0.907. The highest BCUT2D eigenvalue weighted by Gasteiger charge is 2.39. The zero-order chi connectivity index (χ0) is 18.0. The highest BCUT2D eigenvalue weighted by atomic mass is 35.5. The Hall–Kier alpha value is -2.33. The molecule has 4 nitrogen and oxygen atoms in total. The van der Waals surface area contributed by atoms with Crippen LogP contribution in [0.4, 0.5) is 0 Å². The quantitative estimate of drug-likeness (QED) is 0.652. The number of esters is 1. The molecule has 0 unspecified atom stereocenters. The van der Waals surface area contributed by atoms with Crippen LogP contribution in [0.15, 0.2) is 59.5 Å². The van der Waals surface area contributed by atoms with Crippen LogP contribution in [-0.4, -0.2) is 18.4 Å². The zero-order valence-electron chi connectivity index (χ0n) is 14.1. The van der Waals surface area contributed by atoms with Gasteiger partial charge in [0, 0.05) is 34.3 Å². The molecule has 3 rings (SSSR count). The highest BCUT2D eigenvalue weighted by molar-refractivity contribution is 6.31. The van der Waals surface area contributed by atoms with Crippen molar-refractivity contribution < 1.29 is 14.3 Å². The van der Waals surface area contributed by atoms with Crippen LogP contribution in [-0.2, 0) is 14.3 Å². The first-order valence-electron chi connectivity index (χ1n) is 8.31. The number of ether oxygens (including phenoxy) is 1. The molecule has 0 aromatic heterocycles. The van der Waals surface area contributed by atoms with Crippen molar-refractivity contribution in [3.8, 4) is 0 Å². The van der Waals surface area contributed by atoms with Crippen molar-refractivity contribution in [2.24, 2.45) is 0 Å². The third-order valence-corrected chi connectivity index (χ3v) is 4.89. The Morgan fingerprint density at radius 3 is 2.88 bits per heavy atom. The SMILES string of the molecule is C=CCOC(=O)C1=C(C)NC2=C(C(=O)CCC2)[C@@H]1c1ccccc1Cl. The predicted octanol–water partition coefficient (Wildman–Crippen LogP) is 4.04. The van der Waals surface area contributed by atoms with E-state index < -0.39 is 11.9 Å². The van der Waals surface area contributed by atoms with Crippen molar-refractivity contribution in [3.05, 3.63) is 70.0 Å². The molecule has 0 bridgehead atoms. The Bertz CT molecular complexity index is 807. The Morgan fingerprint density at radius 1 is 1.40 bits per heavy atom. The van der Waals surface area contributed by atoms with Crippen LogP contribution < -0.4 is 5.32 Å². The van der Waals surface area contributed by atoms with E-state index in [1.807, 2.05) is 25.1 Å². The van der Waals surface area contributed by atoms with Gasteiger partial charge in [-0.25, -0.2) is 4.79 Å². The molecule has 1 heterocycles. The molecule has 1 aromatic carbocycles. The minimum absolute atomic E-state index is 0.0557. The van der Waals surface area contributed by atoms with Crippen LogP contribution in [0, 0.1) is 0 Å². The fourth-order valence-corrected chi connectivity index (χ4v) is 3.73. The van der Waals surface area contributed by atoms with E-state index in [4.69, 9.17) is 16.3 Å². The minimum Gasteiger partial charge on any atom is -0.458 e. The zero-order valence-corrected chi connectivity index (χ0v) is 14.9. The van der Waals surface area contributed by atoms with Crippen LogP contribution in [0.1, 0.15) is 37.7 Å². The smallest absolute Gasteiger partial charge is 0.337 e. The molecule has 0 radical (unpaired) electrons. The Balaban J connectivity index is 2.15. The maximum Gasteiger partial charge on any atom is 0.337 e. The van der Waals surface area contributed by atoms with Gasteiger partial charge in [-0.3, -0.25) is 4.79 Å². The molecule has 25 heavy (non-hydrogen) atoms. The van der Waals surface area contributed by atoms with Crippen molar-refractivity contribution in [2.75, 3.05) is 6.61 Å². The molecular weight excluding hydrogens is 338 g/mol. The lowest BCUT2D eigenvalue weighted by molar-refractivity contribution is -0.138. The average molecular weight is 358 g/mol. The molecule has 130 valence electrons. The third-order valence-electron chi connectivity index (χ3n) is 4.54. The molecule has 1 N–H and O–H groups in total. The van der Waals surface area contributed by atoms with Crippen molar-refractivity contribution in [2.45, 2.75) is 32.1 Å². The lowest BCUT2D eigenvalue weighted by Gasteiger charge is -2.34. The number of hydrogen-bond donors (Lipinski definition) is 1. The number of carbonyl (C=O) groups is 2. The van der Waals surface area contributed by atoms with E-state index in [-0.39, 0.29) is 12.4 Å². The number of allylic oxidation sites excluding steroid dienone is 3. The molecule has 1 aromatic rings. The molecule has 0 fully saturated rings. The summed E-state index contributed by atoms with van der Waals surface area (Å²) in [6, 6.07) is 7.32. The van der Waals surface area contributed by atoms with Crippen molar-refractivity contribution >= 4 is 23.4 Å². The monoisotopic (exact) mass is 357 g/mol. The van der Waals surface area contributed by atoms with Gasteiger partial charge in [0.15, 0.2) is 5.78 Å². The average Bonchev–Trinajstić information content (AvgIpc) is 2.59. The van der Waals surface area contributed by atoms with Crippen LogP contribution in [0.25, 0.3) is 0 Å². The molecule has 2 aliphatic rings. The number of benzene rings is 1. The summed E-state index contributed by atoms with van der Waals surface area (Å²) in [4.78, 5) is 25.4. The predicted molar refractivity (Wildman–Crippen MR) is 97.1 cm³/mol. The molecule has 0 saturated carbocycles. The van der Waals surface area contributed by atoms with Crippen LogP contribution in [0.2, 0.25) is 5.02 Å². The number of Topliss-reactive ketones (excluding diaryl/α,β-unsaturated/α-hetero) is 1. The summed E-state index contributed by atoms with van der Waals surface area (Å²) in [5, 5.41) is 3.77. The van der Waals surface area contributed by atoms with E-state index >= 15 is 0 Å². The summed E-state index contributed by atoms with van der Waals surface area (Å²) in [7, 11) is 0. The fourth-order valence-electron chi connectivity index (χ4n) is 3.49. The Morgan fingerprint density at radius 2 is 2.16 bits per heavy atom. The molecule has 1 aliphatic carbocycles. The van der Waals surface area contributed by atoms with Gasteiger partial charge in [-0.1, -0.05) is 42.5 Å².